The predicted molar refractivity (Wildman–Crippen MR) is 160 cm³/mol. The number of allylic oxidation sites excluding steroid dienone is 2. The maximum Gasteiger partial charge on any atom is 0.291 e. The normalized spacial score (nSPS) is 15.4. The van der Waals surface area contributed by atoms with E-state index in [-0.39, 0.29) is 5.92 Å². The van der Waals surface area contributed by atoms with Crippen LogP contribution in [-0.4, -0.2) is 24.9 Å². The number of nitrogens with two attached hydrogens (primary N) is 1. The summed E-state index contributed by atoms with van der Waals surface area (Å²) in [6.45, 7) is 5.85. The summed E-state index contributed by atoms with van der Waals surface area (Å²) in [6.07, 6.45) is 5.76. The molecule has 4 nitrogen and oxygen atoms in total. The van der Waals surface area contributed by atoms with Crippen molar-refractivity contribution in [3.63, 3.8) is 0 Å². The maximum absolute atomic E-state index is 11.2. The molecule has 0 spiro atoms. The lowest BCUT2D eigenvalue weighted by Crippen LogP contribution is -2.08. The van der Waals surface area contributed by atoms with Gasteiger partial charge in [-0.05, 0) is 78.6 Å². The first-order valence-corrected chi connectivity index (χ1v) is 13.7. The molecule has 0 saturated heterocycles. The molecule has 184 valence electrons. The van der Waals surface area contributed by atoms with Crippen molar-refractivity contribution in [3.8, 4) is 11.1 Å². The van der Waals surface area contributed by atoms with Crippen LogP contribution in [0.1, 0.15) is 46.0 Å². The molecule has 1 heterocycles. The number of aliphatic imine (C=N–C) groups is 2. The minimum absolute atomic E-state index is 0.211. The van der Waals surface area contributed by atoms with Crippen molar-refractivity contribution in [1.82, 2.24) is 0 Å². The summed E-state index contributed by atoms with van der Waals surface area (Å²) in [6, 6.07) is 25.2. The van der Waals surface area contributed by atoms with E-state index in [0.717, 1.165) is 51.8 Å². The molecule has 1 aliphatic rings. The van der Waals surface area contributed by atoms with Gasteiger partial charge in [-0.2, -0.15) is 4.89 Å². The van der Waals surface area contributed by atoms with Crippen LogP contribution in [0.4, 0.5) is 11.4 Å². The fraction of sp³-hybridized carbons (Fsp3) is 0.156. The van der Waals surface area contributed by atoms with E-state index < -0.39 is 7.76 Å². The summed E-state index contributed by atoms with van der Waals surface area (Å²) >= 11 is 0. The average Bonchev–Trinajstić information content (AvgIpc) is 2.90. The zero-order chi connectivity index (χ0) is 25.9. The second-order valence-corrected chi connectivity index (χ2v) is 11.0. The van der Waals surface area contributed by atoms with E-state index in [1.807, 2.05) is 24.1 Å². The van der Waals surface area contributed by atoms with Crippen molar-refractivity contribution in [2.24, 2.45) is 9.98 Å². The summed E-state index contributed by atoms with van der Waals surface area (Å²) in [5.74, 6) is 2.25. The molecule has 2 unspecified atom stereocenters. The van der Waals surface area contributed by atoms with Crippen LogP contribution in [0.2, 0.25) is 0 Å². The van der Waals surface area contributed by atoms with Gasteiger partial charge in [0.15, 0.2) is 11.1 Å². The third-order valence-electron chi connectivity index (χ3n) is 6.96. The summed E-state index contributed by atoms with van der Waals surface area (Å²) < 4.78 is 0. The molecule has 2 atom stereocenters. The molecular weight excluding hydrogens is 473 g/mol. The third-order valence-corrected chi connectivity index (χ3v) is 8.58. The van der Waals surface area contributed by atoms with Gasteiger partial charge in [0.05, 0.1) is 5.69 Å². The Morgan fingerprint density at radius 3 is 2.59 bits per heavy atom. The molecule has 0 aliphatic heterocycles. The number of hydrogen-bond donors (Lipinski definition) is 2. The average molecular weight is 505 g/mol. The topological polar surface area (TPSA) is 71.0 Å². The number of benzene rings is 3. The van der Waals surface area contributed by atoms with Gasteiger partial charge in [-0.3, -0.25) is 9.98 Å². The molecule has 3 N–H and O–H groups in total. The van der Waals surface area contributed by atoms with Crippen LogP contribution < -0.4 is 5.73 Å². The molecule has 1 aliphatic carbocycles. The number of nitrogens with zero attached hydrogens (tertiary/aromatic N) is 2. The van der Waals surface area contributed by atoms with Crippen LogP contribution >= 0.6 is 7.76 Å². The zero-order valence-electron chi connectivity index (χ0n) is 21.2. The Balaban J connectivity index is 1.47. The van der Waals surface area contributed by atoms with E-state index in [0.29, 0.717) is 0 Å². The number of anilines is 1. The highest BCUT2D eigenvalue weighted by Crippen LogP contribution is 2.46. The van der Waals surface area contributed by atoms with Crippen molar-refractivity contribution in [2.75, 3.05) is 12.8 Å². The van der Waals surface area contributed by atoms with Crippen LogP contribution in [0.25, 0.3) is 16.7 Å². The SMILES string of the molecule is C=Nc1cc(C2C=C(C)c3c(cc(-c4cccc(Cc5ccc(N)cc5)c4)c[p+]3O)C2)ccc1C=NC. The zero-order valence-corrected chi connectivity index (χ0v) is 22.1. The second kappa shape index (κ2) is 10.6. The molecule has 37 heavy (non-hydrogen) atoms. The summed E-state index contributed by atoms with van der Waals surface area (Å²) in [5, 5.41) is 1.09. The predicted octanol–water partition coefficient (Wildman–Crippen LogP) is 7.67. The van der Waals surface area contributed by atoms with E-state index in [2.05, 4.69) is 90.4 Å². The van der Waals surface area contributed by atoms with Gasteiger partial charge in [0.25, 0.3) is 7.76 Å². The summed E-state index contributed by atoms with van der Waals surface area (Å²) in [7, 11) is 0.395. The minimum Gasteiger partial charge on any atom is -0.399 e. The molecule has 5 heteroatoms. The third kappa shape index (κ3) is 5.32. The molecule has 5 rings (SSSR count). The highest BCUT2D eigenvalue weighted by Gasteiger charge is 2.29. The Morgan fingerprint density at radius 1 is 1.03 bits per heavy atom. The van der Waals surface area contributed by atoms with Crippen LogP contribution in [0, 0.1) is 0 Å². The first kappa shape index (κ1) is 24.8. The van der Waals surface area contributed by atoms with Gasteiger partial charge in [-0.15, -0.1) is 0 Å². The first-order chi connectivity index (χ1) is 17.9. The summed E-state index contributed by atoms with van der Waals surface area (Å²) in [5.41, 5.74) is 16.7. The van der Waals surface area contributed by atoms with Crippen molar-refractivity contribution in [1.29, 1.82) is 0 Å². The van der Waals surface area contributed by atoms with E-state index in [9.17, 15) is 4.89 Å². The number of rotatable bonds is 6. The largest absolute Gasteiger partial charge is 0.399 e. The van der Waals surface area contributed by atoms with Crippen LogP contribution in [0.5, 0.6) is 0 Å². The smallest absolute Gasteiger partial charge is 0.291 e. The molecule has 1 aromatic heterocycles. The molecule has 0 saturated carbocycles. The molecule has 3 aromatic carbocycles. The Hall–Kier alpha value is -3.85. The van der Waals surface area contributed by atoms with E-state index in [1.165, 1.54) is 22.3 Å². The van der Waals surface area contributed by atoms with Gasteiger partial charge in [0.1, 0.15) is 0 Å². The van der Waals surface area contributed by atoms with Gasteiger partial charge in [-0.25, -0.2) is 0 Å². The Bertz CT molecular complexity index is 1540. The van der Waals surface area contributed by atoms with Crippen molar-refractivity contribution in [2.45, 2.75) is 25.7 Å². The molecular formula is C32H31N3OP+. The lowest BCUT2D eigenvalue weighted by Gasteiger charge is -2.21. The Labute approximate surface area is 219 Å². The van der Waals surface area contributed by atoms with Crippen LogP contribution in [0.3, 0.4) is 0 Å². The first-order valence-electron chi connectivity index (χ1n) is 12.4. The van der Waals surface area contributed by atoms with Gasteiger partial charge in [0.2, 0.25) is 0 Å². The highest BCUT2D eigenvalue weighted by atomic mass is 31.1. The minimum atomic E-state index is -1.36. The highest BCUT2D eigenvalue weighted by molar-refractivity contribution is 7.44. The van der Waals surface area contributed by atoms with Gasteiger partial charge in [0, 0.05) is 41.6 Å². The molecule has 0 fully saturated rings. The van der Waals surface area contributed by atoms with E-state index >= 15 is 0 Å². The fourth-order valence-corrected chi connectivity index (χ4v) is 6.69. The Morgan fingerprint density at radius 2 is 1.84 bits per heavy atom. The Kier molecular flexibility index (Phi) is 7.14. The number of fused-ring (bicyclic) bond motifs is 1. The monoisotopic (exact) mass is 504 g/mol. The fourth-order valence-electron chi connectivity index (χ4n) is 5.18. The van der Waals surface area contributed by atoms with Crippen molar-refractivity contribution < 1.29 is 4.89 Å². The quantitative estimate of drug-likeness (QED) is 0.209. The second-order valence-electron chi connectivity index (χ2n) is 9.59. The van der Waals surface area contributed by atoms with Crippen molar-refractivity contribution in [3.05, 3.63) is 118 Å². The van der Waals surface area contributed by atoms with Crippen LogP contribution in [-0.2, 0) is 12.8 Å². The van der Waals surface area contributed by atoms with Crippen molar-refractivity contribution >= 4 is 37.6 Å². The molecule has 0 radical (unpaired) electrons. The summed E-state index contributed by atoms with van der Waals surface area (Å²) in [4.78, 5) is 19.5. The maximum atomic E-state index is 11.2. The number of hydrogen-bond acceptors (Lipinski definition) is 4. The lowest BCUT2D eigenvalue weighted by molar-refractivity contribution is 0.647. The van der Waals surface area contributed by atoms with E-state index in [1.54, 1.807) is 7.05 Å². The van der Waals surface area contributed by atoms with Gasteiger partial charge in [-0.1, -0.05) is 54.6 Å². The molecule has 0 amide bonds. The van der Waals surface area contributed by atoms with Gasteiger partial charge >= 0.3 is 0 Å². The van der Waals surface area contributed by atoms with Gasteiger partial charge < -0.3 is 5.73 Å². The molecule has 4 aromatic rings. The standard InChI is InChI=1S/C32H31N3OP/c1-21-13-27(25-9-10-26(19-34-2)31(18-25)35-3)16-28-17-29(20-37(36)32(21)28)24-6-4-5-23(15-24)14-22-7-11-30(33)12-8-22/h4-13,15,17-20,27,36H,3,14,16,33H2,1-2H3/q+1. The number of nitrogen functional groups attached to an aromatic ring is 1. The van der Waals surface area contributed by atoms with Crippen LogP contribution in [0.15, 0.2) is 94.7 Å². The molecule has 0 bridgehead atoms. The lowest BCUT2D eigenvalue weighted by atomic mass is 9.84. The van der Waals surface area contributed by atoms with E-state index in [4.69, 9.17) is 5.73 Å².